The van der Waals surface area contributed by atoms with Gasteiger partial charge in [-0.2, -0.15) is 4.98 Å². The van der Waals surface area contributed by atoms with Gasteiger partial charge in [-0.3, -0.25) is 4.79 Å². The topological polar surface area (TPSA) is 84.7 Å². The molecule has 0 spiro atoms. The summed E-state index contributed by atoms with van der Waals surface area (Å²) >= 11 is 6.92. The number of aromatic nitrogens is 4. The fourth-order valence-corrected chi connectivity index (χ4v) is 2.75. The number of benzene rings is 1. The summed E-state index contributed by atoms with van der Waals surface area (Å²) < 4.78 is 18.6. The van der Waals surface area contributed by atoms with Crippen molar-refractivity contribution in [2.45, 2.75) is 24.8 Å². The number of thioether (sulfide) groups is 1. The number of nitrogens with zero attached hydrogens (tertiary/aromatic N) is 3. The third kappa shape index (κ3) is 3.49. The van der Waals surface area contributed by atoms with Crippen LogP contribution in [0.2, 0.25) is 5.02 Å². The third-order valence-electron chi connectivity index (χ3n) is 3.35. The monoisotopic (exact) mass is 366 g/mol. The summed E-state index contributed by atoms with van der Waals surface area (Å²) in [6, 6.07) is 4.28. The summed E-state index contributed by atoms with van der Waals surface area (Å²) in [7, 11) is 0. The molecule has 124 valence electrons. The molecule has 3 aromatic rings. The largest absolute Gasteiger partial charge is 0.338 e. The molecule has 24 heavy (non-hydrogen) atoms. The van der Waals surface area contributed by atoms with Crippen molar-refractivity contribution in [3.63, 3.8) is 0 Å². The first-order chi connectivity index (χ1) is 11.4. The highest BCUT2D eigenvalue weighted by molar-refractivity contribution is 7.98. The van der Waals surface area contributed by atoms with Crippen LogP contribution in [-0.2, 0) is 5.75 Å². The van der Waals surface area contributed by atoms with Gasteiger partial charge in [-0.15, -0.1) is 0 Å². The number of aryl methyl sites for hydroxylation is 1. The summed E-state index contributed by atoms with van der Waals surface area (Å²) in [4.78, 5) is 22.9. The summed E-state index contributed by atoms with van der Waals surface area (Å²) in [5, 5.41) is 4.32. The van der Waals surface area contributed by atoms with E-state index in [1.165, 1.54) is 23.9 Å². The normalized spacial score (nSPS) is 11.0. The van der Waals surface area contributed by atoms with Crippen LogP contribution in [0.25, 0.3) is 11.4 Å². The highest BCUT2D eigenvalue weighted by atomic mass is 35.5. The first-order valence-electron chi connectivity index (χ1n) is 6.92. The lowest BCUT2D eigenvalue weighted by molar-refractivity contribution is 0.391. The Morgan fingerprint density at radius 1 is 1.33 bits per heavy atom. The van der Waals surface area contributed by atoms with Crippen molar-refractivity contribution >= 4 is 23.4 Å². The molecular formula is C15H12ClFN4O2S. The highest BCUT2D eigenvalue weighted by Gasteiger charge is 2.12. The van der Waals surface area contributed by atoms with Crippen molar-refractivity contribution in [3.05, 3.63) is 56.5 Å². The van der Waals surface area contributed by atoms with Crippen LogP contribution in [0.4, 0.5) is 4.39 Å². The molecule has 2 heterocycles. The van der Waals surface area contributed by atoms with Gasteiger partial charge in [-0.1, -0.05) is 28.5 Å². The standard InChI is InChI=1S/C15H12ClFN4O2S/c1-7-8(2)18-15(20-14(7)22)24-6-12-19-13(21-23-12)9-3-4-10(16)11(17)5-9/h3-5H,6H2,1-2H3,(H,18,20,22). The second kappa shape index (κ2) is 6.74. The molecule has 2 aromatic heterocycles. The van der Waals surface area contributed by atoms with Gasteiger partial charge in [0.05, 0.1) is 10.8 Å². The second-order valence-electron chi connectivity index (χ2n) is 5.01. The minimum Gasteiger partial charge on any atom is -0.338 e. The van der Waals surface area contributed by atoms with Crippen molar-refractivity contribution in [2.24, 2.45) is 0 Å². The van der Waals surface area contributed by atoms with Crippen molar-refractivity contribution in [3.8, 4) is 11.4 Å². The van der Waals surface area contributed by atoms with E-state index in [-0.39, 0.29) is 16.4 Å². The first-order valence-corrected chi connectivity index (χ1v) is 8.28. The number of hydrogen-bond donors (Lipinski definition) is 1. The maximum atomic E-state index is 13.5. The Balaban J connectivity index is 1.74. The average Bonchev–Trinajstić information content (AvgIpc) is 3.02. The van der Waals surface area contributed by atoms with Gasteiger partial charge in [0.15, 0.2) is 5.16 Å². The highest BCUT2D eigenvalue weighted by Crippen LogP contribution is 2.24. The van der Waals surface area contributed by atoms with E-state index in [0.717, 1.165) is 0 Å². The van der Waals surface area contributed by atoms with Crippen LogP contribution in [0.3, 0.4) is 0 Å². The van der Waals surface area contributed by atoms with E-state index in [9.17, 15) is 9.18 Å². The lowest BCUT2D eigenvalue weighted by Gasteiger charge is -2.01. The van der Waals surface area contributed by atoms with Gasteiger partial charge in [0.25, 0.3) is 5.56 Å². The van der Waals surface area contributed by atoms with Gasteiger partial charge in [-0.25, -0.2) is 9.37 Å². The first kappa shape index (κ1) is 16.7. The molecule has 0 aliphatic carbocycles. The minimum absolute atomic E-state index is 0.0304. The van der Waals surface area contributed by atoms with Crippen LogP contribution in [0.1, 0.15) is 17.1 Å². The molecule has 3 rings (SSSR count). The Labute approximate surface area is 145 Å². The second-order valence-corrected chi connectivity index (χ2v) is 6.38. The van der Waals surface area contributed by atoms with Crippen molar-refractivity contribution in [1.29, 1.82) is 0 Å². The number of nitrogens with one attached hydrogen (secondary N) is 1. The number of rotatable bonds is 4. The number of hydrogen-bond acceptors (Lipinski definition) is 6. The molecule has 1 aromatic carbocycles. The van der Waals surface area contributed by atoms with Crippen LogP contribution in [0.5, 0.6) is 0 Å². The molecule has 9 heteroatoms. The molecule has 0 bridgehead atoms. The van der Waals surface area contributed by atoms with Crippen LogP contribution < -0.4 is 5.56 Å². The molecule has 0 saturated carbocycles. The van der Waals surface area contributed by atoms with Gasteiger partial charge in [0.2, 0.25) is 11.7 Å². The van der Waals surface area contributed by atoms with Crippen LogP contribution in [-0.4, -0.2) is 20.1 Å². The molecule has 0 aliphatic heterocycles. The van der Waals surface area contributed by atoms with E-state index < -0.39 is 5.82 Å². The molecular weight excluding hydrogens is 355 g/mol. The summed E-state index contributed by atoms with van der Waals surface area (Å²) in [6.45, 7) is 3.49. The quantitative estimate of drug-likeness (QED) is 0.561. The van der Waals surface area contributed by atoms with E-state index >= 15 is 0 Å². The maximum absolute atomic E-state index is 13.5. The SMILES string of the molecule is Cc1nc(SCc2nc(-c3ccc(Cl)c(F)c3)no2)[nH]c(=O)c1C. The molecule has 0 radical (unpaired) electrons. The van der Waals surface area contributed by atoms with Crippen molar-refractivity contribution < 1.29 is 8.91 Å². The van der Waals surface area contributed by atoms with Gasteiger partial charge in [-0.05, 0) is 32.0 Å². The molecule has 0 unspecified atom stereocenters. The Morgan fingerprint density at radius 2 is 2.12 bits per heavy atom. The summed E-state index contributed by atoms with van der Waals surface area (Å²) in [5.41, 5.74) is 1.55. The molecule has 0 aliphatic rings. The van der Waals surface area contributed by atoms with Crippen LogP contribution in [0, 0.1) is 19.7 Å². The number of halogens is 2. The van der Waals surface area contributed by atoms with Crippen molar-refractivity contribution in [2.75, 3.05) is 0 Å². The van der Waals surface area contributed by atoms with Crippen LogP contribution in [0.15, 0.2) is 32.7 Å². The van der Waals surface area contributed by atoms with Gasteiger partial charge < -0.3 is 9.51 Å². The Morgan fingerprint density at radius 3 is 2.83 bits per heavy atom. The fraction of sp³-hybridized carbons (Fsp3) is 0.200. The predicted molar refractivity (Wildman–Crippen MR) is 88.6 cm³/mol. The zero-order valence-electron chi connectivity index (χ0n) is 12.8. The third-order valence-corrected chi connectivity index (χ3v) is 4.52. The fourth-order valence-electron chi connectivity index (χ4n) is 1.88. The molecule has 1 N–H and O–H groups in total. The average molecular weight is 367 g/mol. The Kier molecular flexibility index (Phi) is 4.68. The molecule has 6 nitrogen and oxygen atoms in total. The van der Waals surface area contributed by atoms with Crippen molar-refractivity contribution in [1.82, 2.24) is 20.1 Å². The Hall–Kier alpha value is -2.19. The summed E-state index contributed by atoms with van der Waals surface area (Å²) in [5.74, 6) is 0.384. The van der Waals surface area contributed by atoms with Gasteiger partial charge >= 0.3 is 0 Å². The van der Waals surface area contributed by atoms with Gasteiger partial charge in [0.1, 0.15) is 5.82 Å². The lowest BCUT2D eigenvalue weighted by Crippen LogP contribution is -2.14. The maximum Gasteiger partial charge on any atom is 0.254 e. The predicted octanol–water partition coefficient (Wildman–Crippen LogP) is 3.52. The van der Waals surface area contributed by atoms with E-state index in [2.05, 4.69) is 20.1 Å². The van der Waals surface area contributed by atoms with E-state index in [0.29, 0.717) is 33.6 Å². The molecule has 0 fully saturated rings. The zero-order chi connectivity index (χ0) is 17.3. The summed E-state index contributed by atoms with van der Waals surface area (Å²) in [6.07, 6.45) is 0. The minimum atomic E-state index is -0.549. The Bertz CT molecular complexity index is 957. The number of aromatic amines is 1. The molecule has 0 saturated heterocycles. The van der Waals surface area contributed by atoms with E-state index in [1.807, 2.05) is 0 Å². The zero-order valence-corrected chi connectivity index (χ0v) is 14.3. The molecule has 0 amide bonds. The van der Waals surface area contributed by atoms with Gasteiger partial charge in [0, 0.05) is 16.8 Å². The lowest BCUT2D eigenvalue weighted by atomic mass is 10.2. The number of H-pyrrole nitrogens is 1. The van der Waals surface area contributed by atoms with E-state index in [1.54, 1.807) is 19.9 Å². The molecule has 0 atom stereocenters. The smallest absolute Gasteiger partial charge is 0.254 e. The van der Waals surface area contributed by atoms with E-state index in [4.69, 9.17) is 16.1 Å². The van der Waals surface area contributed by atoms with Crippen LogP contribution >= 0.6 is 23.4 Å².